The first-order chi connectivity index (χ1) is 10.2. The Morgan fingerprint density at radius 3 is 2.71 bits per heavy atom. The molecule has 1 N–H and O–H groups in total. The third kappa shape index (κ3) is 4.43. The fourth-order valence-electron chi connectivity index (χ4n) is 2.30. The third-order valence-electron chi connectivity index (χ3n) is 3.56. The van der Waals surface area contributed by atoms with E-state index < -0.39 is 6.04 Å². The second-order valence-corrected chi connectivity index (χ2v) is 5.24. The minimum absolute atomic E-state index is 0.265. The summed E-state index contributed by atoms with van der Waals surface area (Å²) in [6, 6.07) is 6.60. The maximum Gasteiger partial charge on any atom is 0.324 e. The number of benzene rings is 1. The minimum atomic E-state index is -0.419. The first kappa shape index (κ1) is 15.8. The van der Waals surface area contributed by atoms with Crippen molar-refractivity contribution < 1.29 is 13.9 Å². The predicted molar refractivity (Wildman–Crippen MR) is 80.9 cm³/mol. The van der Waals surface area contributed by atoms with Crippen molar-refractivity contribution in [3.05, 3.63) is 30.1 Å². The molecule has 116 valence electrons. The summed E-state index contributed by atoms with van der Waals surface area (Å²) in [5.41, 5.74) is 0.520. The van der Waals surface area contributed by atoms with Crippen LogP contribution < -0.4 is 10.2 Å². The number of likely N-dealkylation sites (N-methyl/N-ethyl adjacent to an activating group) is 1. The minimum Gasteiger partial charge on any atom is -0.465 e. The lowest BCUT2D eigenvalue weighted by atomic mass is 10.2. The van der Waals surface area contributed by atoms with Crippen LogP contribution in [0.2, 0.25) is 0 Å². The van der Waals surface area contributed by atoms with Gasteiger partial charge in [0.05, 0.1) is 12.3 Å². The number of hydrogen-bond donors (Lipinski definition) is 1. The van der Waals surface area contributed by atoms with Crippen molar-refractivity contribution in [1.29, 1.82) is 0 Å². The second-order valence-electron chi connectivity index (χ2n) is 5.24. The summed E-state index contributed by atoms with van der Waals surface area (Å²) in [6.45, 7) is 5.13. The van der Waals surface area contributed by atoms with Gasteiger partial charge in [0.2, 0.25) is 0 Å². The van der Waals surface area contributed by atoms with Crippen molar-refractivity contribution in [2.24, 2.45) is 0 Å². The van der Waals surface area contributed by atoms with Crippen LogP contribution in [0.3, 0.4) is 0 Å². The lowest BCUT2D eigenvalue weighted by Crippen LogP contribution is -2.48. The monoisotopic (exact) mass is 294 g/mol. The van der Waals surface area contributed by atoms with Gasteiger partial charge in [0.25, 0.3) is 0 Å². The first-order valence-corrected chi connectivity index (χ1v) is 7.57. The number of carbonyl (C=O) groups is 1. The Morgan fingerprint density at radius 1 is 1.43 bits per heavy atom. The molecule has 1 unspecified atom stereocenters. The van der Waals surface area contributed by atoms with E-state index in [0.29, 0.717) is 31.4 Å². The van der Waals surface area contributed by atoms with Gasteiger partial charge in [-0.25, -0.2) is 4.39 Å². The van der Waals surface area contributed by atoms with Gasteiger partial charge in [0, 0.05) is 19.1 Å². The zero-order valence-corrected chi connectivity index (χ0v) is 12.6. The topological polar surface area (TPSA) is 41.6 Å². The summed E-state index contributed by atoms with van der Waals surface area (Å²) in [6.07, 6.45) is 2.17. The summed E-state index contributed by atoms with van der Waals surface area (Å²) >= 11 is 0. The molecule has 0 spiro atoms. The molecule has 0 bridgehead atoms. The molecule has 0 heterocycles. The van der Waals surface area contributed by atoms with E-state index in [2.05, 4.69) is 5.32 Å². The molecule has 1 atom stereocenters. The summed E-state index contributed by atoms with van der Waals surface area (Å²) < 4.78 is 19.0. The lowest BCUT2D eigenvalue weighted by Gasteiger charge is -2.28. The Kier molecular flexibility index (Phi) is 5.56. The Morgan fingerprint density at radius 2 is 2.14 bits per heavy atom. The molecule has 0 amide bonds. The molecule has 0 saturated heterocycles. The van der Waals surface area contributed by atoms with Crippen LogP contribution in [-0.4, -0.2) is 37.7 Å². The second kappa shape index (κ2) is 7.41. The van der Waals surface area contributed by atoms with E-state index in [1.807, 2.05) is 11.8 Å². The van der Waals surface area contributed by atoms with Crippen LogP contribution in [0.25, 0.3) is 0 Å². The molecule has 1 aromatic rings. The highest BCUT2D eigenvalue weighted by Gasteiger charge is 2.30. The highest BCUT2D eigenvalue weighted by molar-refractivity contribution is 5.77. The summed E-state index contributed by atoms with van der Waals surface area (Å²) in [5, 5.41) is 3.29. The number of halogens is 1. The molecular formula is C16H23FN2O2. The van der Waals surface area contributed by atoms with Gasteiger partial charge in [-0.1, -0.05) is 12.1 Å². The van der Waals surface area contributed by atoms with Crippen LogP contribution in [0.4, 0.5) is 10.1 Å². The molecule has 0 radical (unpaired) electrons. The number of hydrogen-bond acceptors (Lipinski definition) is 4. The van der Waals surface area contributed by atoms with Crippen molar-refractivity contribution in [1.82, 2.24) is 5.32 Å². The first-order valence-electron chi connectivity index (χ1n) is 7.57. The molecule has 21 heavy (non-hydrogen) atoms. The molecule has 1 aliphatic carbocycles. The van der Waals surface area contributed by atoms with E-state index in [4.69, 9.17) is 4.74 Å². The number of carbonyl (C=O) groups excluding carboxylic acids is 1. The Balaban J connectivity index is 2.08. The number of nitrogens with one attached hydrogen (secondary N) is 1. The van der Waals surface area contributed by atoms with Crippen molar-refractivity contribution in [3.63, 3.8) is 0 Å². The molecule has 4 nitrogen and oxygen atoms in total. The van der Waals surface area contributed by atoms with E-state index in [-0.39, 0.29) is 11.8 Å². The third-order valence-corrected chi connectivity index (χ3v) is 3.56. The number of anilines is 1. The van der Waals surface area contributed by atoms with Gasteiger partial charge in [0.1, 0.15) is 11.9 Å². The number of ether oxygens (including phenoxy) is 1. The number of nitrogens with zero attached hydrogens (tertiary/aromatic N) is 1. The van der Waals surface area contributed by atoms with E-state index in [0.717, 1.165) is 12.8 Å². The molecular weight excluding hydrogens is 271 g/mol. The fraction of sp³-hybridized carbons (Fsp3) is 0.562. The Hall–Kier alpha value is -1.62. The Bertz CT molecular complexity index is 477. The van der Waals surface area contributed by atoms with E-state index in [1.54, 1.807) is 25.1 Å². The van der Waals surface area contributed by atoms with Crippen LogP contribution in [0, 0.1) is 5.82 Å². The predicted octanol–water partition coefficient (Wildman–Crippen LogP) is 2.34. The highest BCUT2D eigenvalue weighted by atomic mass is 19.1. The number of para-hydroxylation sites is 1. The van der Waals surface area contributed by atoms with Crippen LogP contribution in [0.1, 0.15) is 26.7 Å². The molecule has 1 aromatic carbocycles. The van der Waals surface area contributed by atoms with Gasteiger partial charge in [-0.2, -0.15) is 0 Å². The van der Waals surface area contributed by atoms with Crippen molar-refractivity contribution in [3.8, 4) is 0 Å². The summed E-state index contributed by atoms with van der Waals surface area (Å²) in [7, 11) is 0. The van der Waals surface area contributed by atoms with Gasteiger partial charge in [-0.3, -0.25) is 4.79 Å². The average molecular weight is 294 g/mol. The van der Waals surface area contributed by atoms with Gasteiger partial charge < -0.3 is 15.0 Å². The zero-order valence-electron chi connectivity index (χ0n) is 12.6. The van der Waals surface area contributed by atoms with Gasteiger partial charge in [0.15, 0.2) is 0 Å². The van der Waals surface area contributed by atoms with Gasteiger partial charge >= 0.3 is 5.97 Å². The van der Waals surface area contributed by atoms with Crippen molar-refractivity contribution in [2.75, 3.05) is 24.6 Å². The molecule has 0 aliphatic heterocycles. The van der Waals surface area contributed by atoms with E-state index >= 15 is 0 Å². The smallest absolute Gasteiger partial charge is 0.324 e. The fourth-order valence-corrected chi connectivity index (χ4v) is 2.30. The quantitative estimate of drug-likeness (QED) is 0.747. The maximum absolute atomic E-state index is 13.9. The van der Waals surface area contributed by atoms with E-state index in [1.165, 1.54) is 6.07 Å². The Labute approximate surface area is 125 Å². The normalized spacial score (nSPS) is 15.6. The summed E-state index contributed by atoms with van der Waals surface area (Å²) in [5.74, 6) is -0.535. The molecule has 1 saturated carbocycles. The molecule has 1 aliphatic rings. The van der Waals surface area contributed by atoms with Gasteiger partial charge in [-0.15, -0.1) is 0 Å². The maximum atomic E-state index is 13.9. The lowest BCUT2D eigenvalue weighted by molar-refractivity contribution is -0.145. The largest absolute Gasteiger partial charge is 0.465 e. The number of esters is 1. The van der Waals surface area contributed by atoms with Crippen LogP contribution in [0.5, 0.6) is 0 Å². The van der Waals surface area contributed by atoms with E-state index in [9.17, 15) is 9.18 Å². The molecule has 1 fully saturated rings. The zero-order chi connectivity index (χ0) is 15.2. The standard InChI is InChI=1S/C16H23FN2O2/c1-3-19(15-8-6-5-7-13(15)17)11-14(16(20)21-4-2)18-12-9-10-12/h5-8,12,14,18H,3-4,9-11H2,1-2H3. The van der Waals surface area contributed by atoms with Crippen LogP contribution in [0.15, 0.2) is 24.3 Å². The van der Waals surface area contributed by atoms with Gasteiger partial charge in [-0.05, 0) is 38.8 Å². The molecule has 2 rings (SSSR count). The molecule has 5 heteroatoms. The molecule has 0 aromatic heterocycles. The van der Waals surface area contributed by atoms with Crippen molar-refractivity contribution >= 4 is 11.7 Å². The summed E-state index contributed by atoms with van der Waals surface area (Å²) in [4.78, 5) is 13.9. The van der Waals surface area contributed by atoms with Crippen LogP contribution in [-0.2, 0) is 9.53 Å². The van der Waals surface area contributed by atoms with Crippen molar-refractivity contribution in [2.45, 2.75) is 38.8 Å². The SMILES string of the molecule is CCOC(=O)C(CN(CC)c1ccccc1F)NC1CC1. The van der Waals surface area contributed by atoms with Crippen LogP contribution >= 0.6 is 0 Å². The highest BCUT2D eigenvalue weighted by Crippen LogP contribution is 2.22. The number of rotatable bonds is 8. The average Bonchev–Trinajstić information content (AvgIpc) is 3.28.